The van der Waals surface area contributed by atoms with Crippen LogP contribution in [-0.2, 0) is 0 Å². The van der Waals surface area contributed by atoms with Crippen molar-refractivity contribution in [2.45, 2.75) is 0 Å². The molecule has 0 saturated carbocycles. The van der Waals surface area contributed by atoms with E-state index in [4.69, 9.17) is 10.2 Å². The van der Waals surface area contributed by atoms with Gasteiger partial charge in [-0.25, -0.2) is 0 Å². The highest BCUT2D eigenvalue weighted by atomic mass is 16.4. The van der Waals surface area contributed by atoms with Crippen LogP contribution in [0, 0.1) is 6.92 Å². The molecule has 11 heavy (non-hydrogen) atoms. The van der Waals surface area contributed by atoms with Gasteiger partial charge in [-0.3, -0.25) is 0 Å². The van der Waals surface area contributed by atoms with E-state index in [9.17, 15) is 0 Å². The third-order valence-electron chi connectivity index (χ3n) is 1.47. The van der Waals surface area contributed by atoms with Crippen LogP contribution in [0.3, 0.4) is 0 Å². The smallest absolute Gasteiger partial charge is 0.292 e. The zero-order valence-corrected chi connectivity index (χ0v) is 5.87. The largest absolute Gasteiger partial charge is 0.424 e. The molecular weight excluding hydrogens is 140 g/mol. The van der Waals surface area contributed by atoms with Crippen molar-refractivity contribution in [3.63, 3.8) is 0 Å². The highest BCUT2D eigenvalue weighted by Crippen LogP contribution is 2.17. The molecule has 0 aliphatic heterocycles. The Hall–Kier alpha value is -1.51. The quantitative estimate of drug-likeness (QED) is 0.615. The Morgan fingerprint density at radius 3 is 3.09 bits per heavy atom. The van der Waals surface area contributed by atoms with Gasteiger partial charge in [0.15, 0.2) is 5.58 Å². The zero-order valence-electron chi connectivity index (χ0n) is 5.87. The zero-order chi connectivity index (χ0) is 7.84. The van der Waals surface area contributed by atoms with Gasteiger partial charge < -0.3 is 10.2 Å². The Kier molecular flexibility index (Phi) is 1.12. The number of hydrogen-bond donors (Lipinski definition) is 1. The van der Waals surface area contributed by atoms with Crippen LogP contribution >= 0.6 is 0 Å². The van der Waals surface area contributed by atoms with Crippen LogP contribution in [0.5, 0.6) is 0 Å². The lowest BCUT2D eigenvalue weighted by Crippen LogP contribution is -1.80. The second kappa shape index (κ2) is 1.99. The number of fused-ring (bicyclic) bond motifs is 1. The van der Waals surface area contributed by atoms with Crippen LogP contribution in [0.1, 0.15) is 5.56 Å². The van der Waals surface area contributed by atoms with Gasteiger partial charge in [-0.1, -0.05) is 6.07 Å². The lowest BCUT2D eigenvalue weighted by atomic mass is 10.2. The molecule has 0 aliphatic carbocycles. The van der Waals surface area contributed by atoms with E-state index in [1.807, 2.05) is 12.1 Å². The molecule has 55 valence electrons. The van der Waals surface area contributed by atoms with Gasteiger partial charge in [0, 0.05) is 0 Å². The second-order valence-electron chi connectivity index (χ2n) is 2.35. The Morgan fingerprint density at radius 2 is 2.27 bits per heavy atom. The molecule has 0 atom stereocenters. The molecule has 2 rings (SSSR count). The normalized spacial score (nSPS) is 10.6. The van der Waals surface area contributed by atoms with E-state index in [2.05, 4.69) is 11.9 Å². The summed E-state index contributed by atoms with van der Waals surface area (Å²) in [6, 6.07) is 5.69. The number of aromatic nitrogens is 1. The van der Waals surface area contributed by atoms with E-state index in [0.29, 0.717) is 5.58 Å². The molecular formula is C8H7N2O. The number of anilines is 1. The standard InChI is InChI=1S/C8H7N2O/c1-5-2-3-7-6(4-5)10-8(9)11-7/h2-4H,1H2,(H2,9,10). The first kappa shape index (κ1) is 6.22. The first-order valence-corrected chi connectivity index (χ1v) is 3.24. The van der Waals surface area contributed by atoms with Crippen LogP contribution in [0.25, 0.3) is 11.1 Å². The molecule has 0 spiro atoms. The van der Waals surface area contributed by atoms with Gasteiger partial charge >= 0.3 is 0 Å². The number of rotatable bonds is 0. The Balaban J connectivity index is 2.82. The van der Waals surface area contributed by atoms with E-state index in [-0.39, 0.29) is 6.01 Å². The maximum Gasteiger partial charge on any atom is 0.292 e. The summed E-state index contributed by atoms with van der Waals surface area (Å²) >= 11 is 0. The van der Waals surface area contributed by atoms with Crippen molar-refractivity contribution in [3.8, 4) is 0 Å². The van der Waals surface area contributed by atoms with Crippen LogP contribution in [0.2, 0.25) is 0 Å². The maximum atomic E-state index is 5.34. The molecule has 0 saturated heterocycles. The predicted molar refractivity (Wildman–Crippen MR) is 42.9 cm³/mol. The minimum atomic E-state index is 0.200. The average molecular weight is 147 g/mol. The molecule has 3 heteroatoms. The third kappa shape index (κ3) is 0.941. The lowest BCUT2D eigenvalue weighted by molar-refractivity contribution is 0.626. The first-order chi connectivity index (χ1) is 5.25. The minimum Gasteiger partial charge on any atom is -0.424 e. The van der Waals surface area contributed by atoms with Gasteiger partial charge in [0.2, 0.25) is 0 Å². The summed E-state index contributed by atoms with van der Waals surface area (Å²) in [6.45, 7) is 3.76. The molecule has 1 aromatic heterocycles. The lowest BCUT2D eigenvalue weighted by Gasteiger charge is -1.87. The van der Waals surface area contributed by atoms with Gasteiger partial charge in [0.1, 0.15) is 5.52 Å². The molecule has 0 unspecified atom stereocenters. The third-order valence-corrected chi connectivity index (χ3v) is 1.47. The van der Waals surface area contributed by atoms with Crippen molar-refractivity contribution in [1.29, 1.82) is 0 Å². The van der Waals surface area contributed by atoms with E-state index >= 15 is 0 Å². The minimum absolute atomic E-state index is 0.200. The molecule has 2 N–H and O–H groups in total. The van der Waals surface area contributed by atoms with E-state index in [1.54, 1.807) is 6.07 Å². The highest BCUT2D eigenvalue weighted by Gasteiger charge is 2.00. The van der Waals surface area contributed by atoms with Crippen LogP contribution in [-0.4, -0.2) is 4.98 Å². The van der Waals surface area contributed by atoms with Gasteiger partial charge in [0.25, 0.3) is 6.01 Å². The SMILES string of the molecule is [CH2]c1ccc2oc(N)nc2c1. The number of hydrogen-bond acceptors (Lipinski definition) is 3. The summed E-state index contributed by atoms with van der Waals surface area (Å²) < 4.78 is 5.06. The van der Waals surface area contributed by atoms with Crippen LogP contribution in [0.15, 0.2) is 22.6 Å². The fourth-order valence-electron chi connectivity index (χ4n) is 0.991. The van der Waals surface area contributed by atoms with Crippen molar-refractivity contribution >= 4 is 17.1 Å². The summed E-state index contributed by atoms with van der Waals surface area (Å²) in [5.74, 6) is 0. The molecule has 1 aromatic carbocycles. The van der Waals surface area contributed by atoms with Crippen molar-refractivity contribution in [2.75, 3.05) is 5.73 Å². The Labute approximate surface area is 63.8 Å². The molecule has 3 nitrogen and oxygen atoms in total. The summed E-state index contributed by atoms with van der Waals surface area (Å²) in [5, 5.41) is 0. The maximum absolute atomic E-state index is 5.34. The van der Waals surface area contributed by atoms with Gasteiger partial charge in [-0.05, 0) is 24.6 Å². The van der Waals surface area contributed by atoms with Crippen LogP contribution in [0.4, 0.5) is 6.01 Å². The number of benzene rings is 1. The molecule has 0 amide bonds. The summed E-state index contributed by atoms with van der Waals surface area (Å²) in [4.78, 5) is 3.95. The van der Waals surface area contributed by atoms with Crippen molar-refractivity contribution in [3.05, 3.63) is 30.7 Å². The number of oxazole rings is 1. The van der Waals surface area contributed by atoms with Crippen LogP contribution < -0.4 is 5.73 Å². The molecule has 0 bridgehead atoms. The average Bonchev–Trinajstić information content (AvgIpc) is 2.27. The summed E-state index contributed by atoms with van der Waals surface area (Å²) in [5.41, 5.74) is 7.71. The molecule has 1 heterocycles. The molecule has 1 radical (unpaired) electrons. The fourth-order valence-corrected chi connectivity index (χ4v) is 0.991. The molecule has 0 fully saturated rings. The fraction of sp³-hybridized carbons (Fsp3) is 0. The highest BCUT2D eigenvalue weighted by molar-refractivity contribution is 5.75. The van der Waals surface area contributed by atoms with Gasteiger partial charge in [-0.2, -0.15) is 4.98 Å². The van der Waals surface area contributed by atoms with E-state index < -0.39 is 0 Å². The number of nitrogens with two attached hydrogens (primary N) is 1. The monoisotopic (exact) mass is 147 g/mol. The second-order valence-corrected chi connectivity index (χ2v) is 2.35. The van der Waals surface area contributed by atoms with Gasteiger partial charge in [0.05, 0.1) is 0 Å². The molecule has 2 aromatic rings. The molecule has 0 aliphatic rings. The number of nitrogens with zero attached hydrogens (tertiary/aromatic N) is 1. The van der Waals surface area contributed by atoms with Crippen molar-refractivity contribution in [2.24, 2.45) is 0 Å². The van der Waals surface area contributed by atoms with Crippen molar-refractivity contribution in [1.82, 2.24) is 4.98 Å². The summed E-state index contributed by atoms with van der Waals surface area (Å²) in [7, 11) is 0. The van der Waals surface area contributed by atoms with E-state index in [0.717, 1.165) is 11.1 Å². The Bertz CT molecular complexity index is 392. The summed E-state index contributed by atoms with van der Waals surface area (Å²) in [6.07, 6.45) is 0. The number of nitrogen functional groups attached to an aromatic ring is 1. The van der Waals surface area contributed by atoms with Gasteiger partial charge in [-0.15, -0.1) is 0 Å². The van der Waals surface area contributed by atoms with Crippen molar-refractivity contribution < 1.29 is 4.42 Å². The van der Waals surface area contributed by atoms with E-state index in [1.165, 1.54) is 0 Å². The topological polar surface area (TPSA) is 52.0 Å². The predicted octanol–water partition coefficient (Wildman–Crippen LogP) is 1.59. The Morgan fingerprint density at radius 1 is 1.45 bits per heavy atom. The first-order valence-electron chi connectivity index (χ1n) is 3.24.